The molecule has 0 spiro atoms. The molecule has 0 bridgehead atoms. The lowest BCUT2D eigenvalue weighted by molar-refractivity contribution is 0.127. The fourth-order valence-electron chi connectivity index (χ4n) is 2.17. The molecule has 0 aliphatic heterocycles. The van der Waals surface area contributed by atoms with Crippen molar-refractivity contribution in [2.75, 3.05) is 13.7 Å². The number of hydrogen-bond donors (Lipinski definition) is 2. The number of benzene rings is 1. The third-order valence-corrected chi connectivity index (χ3v) is 3.30. The van der Waals surface area contributed by atoms with Crippen LogP contribution in [0.1, 0.15) is 38.2 Å². The van der Waals surface area contributed by atoms with Gasteiger partial charge in [0.2, 0.25) is 0 Å². The van der Waals surface area contributed by atoms with Gasteiger partial charge in [0.05, 0.1) is 13.2 Å². The summed E-state index contributed by atoms with van der Waals surface area (Å²) >= 11 is 0. The maximum absolute atomic E-state index is 10.3. The van der Waals surface area contributed by atoms with Gasteiger partial charge in [-0.3, -0.25) is 0 Å². The lowest BCUT2D eigenvalue weighted by Gasteiger charge is -2.24. The van der Waals surface area contributed by atoms with E-state index in [0.717, 1.165) is 24.2 Å². The third kappa shape index (κ3) is 4.00. The molecule has 1 aromatic rings. The van der Waals surface area contributed by atoms with Gasteiger partial charge < -0.3 is 15.6 Å². The van der Waals surface area contributed by atoms with Crippen LogP contribution in [0.2, 0.25) is 0 Å². The van der Waals surface area contributed by atoms with E-state index in [2.05, 4.69) is 13.8 Å². The lowest BCUT2D eigenvalue weighted by Crippen LogP contribution is -2.26. The first kappa shape index (κ1) is 15.0. The Labute approximate surface area is 110 Å². The second kappa shape index (κ2) is 7.39. The molecule has 1 aromatic carbocycles. The van der Waals surface area contributed by atoms with E-state index in [0.29, 0.717) is 12.5 Å². The second-order valence-electron chi connectivity index (χ2n) is 5.12. The van der Waals surface area contributed by atoms with Crippen LogP contribution in [-0.4, -0.2) is 24.9 Å². The predicted octanol–water partition coefficient (Wildman–Crippen LogP) is 2.53. The van der Waals surface area contributed by atoms with E-state index in [-0.39, 0.29) is 5.92 Å². The molecule has 3 N–H and O–H groups in total. The van der Waals surface area contributed by atoms with Crippen molar-refractivity contribution in [1.29, 1.82) is 0 Å². The normalized spacial score (nSPS) is 14.6. The second-order valence-corrected chi connectivity index (χ2v) is 5.12. The van der Waals surface area contributed by atoms with Gasteiger partial charge in [-0.25, -0.2) is 0 Å². The Balaban J connectivity index is 2.81. The topological polar surface area (TPSA) is 55.5 Å². The van der Waals surface area contributed by atoms with Crippen LogP contribution in [0.5, 0.6) is 5.75 Å². The minimum absolute atomic E-state index is 0.0556. The zero-order valence-electron chi connectivity index (χ0n) is 11.6. The summed E-state index contributed by atoms with van der Waals surface area (Å²) in [5.41, 5.74) is 6.82. The van der Waals surface area contributed by atoms with Gasteiger partial charge in [0.15, 0.2) is 0 Å². The van der Waals surface area contributed by atoms with Crippen molar-refractivity contribution >= 4 is 0 Å². The molecule has 0 aromatic heterocycles. The zero-order valence-corrected chi connectivity index (χ0v) is 11.6. The fraction of sp³-hybridized carbons (Fsp3) is 0.600. The van der Waals surface area contributed by atoms with Crippen LogP contribution in [0.3, 0.4) is 0 Å². The van der Waals surface area contributed by atoms with Crippen LogP contribution in [0.25, 0.3) is 0 Å². The Morgan fingerprint density at radius 1 is 1.22 bits per heavy atom. The van der Waals surface area contributed by atoms with Crippen molar-refractivity contribution in [2.24, 2.45) is 11.7 Å². The Morgan fingerprint density at radius 2 is 1.89 bits per heavy atom. The first-order valence-electron chi connectivity index (χ1n) is 6.61. The van der Waals surface area contributed by atoms with Gasteiger partial charge in [0.25, 0.3) is 0 Å². The van der Waals surface area contributed by atoms with Crippen LogP contribution < -0.4 is 10.5 Å². The molecule has 18 heavy (non-hydrogen) atoms. The van der Waals surface area contributed by atoms with Crippen molar-refractivity contribution in [2.45, 2.75) is 38.7 Å². The first-order chi connectivity index (χ1) is 8.60. The highest BCUT2D eigenvalue weighted by molar-refractivity contribution is 5.37. The summed E-state index contributed by atoms with van der Waals surface area (Å²) in [4.78, 5) is 0. The van der Waals surface area contributed by atoms with Crippen molar-refractivity contribution in [3.63, 3.8) is 0 Å². The summed E-state index contributed by atoms with van der Waals surface area (Å²) in [6, 6.07) is 7.77. The minimum Gasteiger partial charge on any atom is -0.496 e. The number of nitrogens with two attached hydrogens (primary N) is 1. The van der Waals surface area contributed by atoms with Crippen molar-refractivity contribution in [1.82, 2.24) is 0 Å². The molecule has 2 atom stereocenters. The van der Waals surface area contributed by atoms with Gasteiger partial charge in [-0.2, -0.15) is 0 Å². The number of hydrogen-bond acceptors (Lipinski definition) is 3. The summed E-state index contributed by atoms with van der Waals surface area (Å²) in [5, 5.41) is 10.3. The van der Waals surface area contributed by atoms with E-state index in [9.17, 15) is 5.11 Å². The van der Waals surface area contributed by atoms with Gasteiger partial charge in [-0.1, -0.05) is 32.0 Å². The lowest BCUT2D eigenvalue weighted by atomic mass is 9.89. The van der Waals surface area contributed by atoms with Gasteiger partial charge in [-0.05, 0) is 24.8 Å². The summed E-state index contributed by atoms with van der Waals surface area (Å²) in [5.74, 6) is 1.34. The van der Waals surface area contributed by atoms with Crippen molar-refractivity contribution < 1.29 is 9.84 Å². The van der Waals surface area contributed by atoms with Crippen LogP contribution in [0, 0.1) is 5.92 Å². The van der Waals surface area contributed by atoms with E-state index in [1.54, 1.807) is 7.11 Å². The molecule has 1 rings (SSSR count). The summed E-state index contributed by atoms with van der Waals surface area (Å²) in [6.07, 6.45) is 1.37. The number of aliphatic hydroxyl groups excluding tert-OH is 1. The summed E-state index contributed by atoms with van der Waals surface area (Å²) in [7, 11) is 1.65. The van der Waals surface area contributed by atoms with Gasteiger partial charge in [0, 0.05) is 18.0 Å². The van der Waals surface area contributed by atoms with E-state index in [4.69, 9.17) is 10.5 Å². The number of para-hydroxylation sites is 1. The van der Waals surface area contributed by atoms with Gasteiger partial charge in [0.1, 0.15) is 5.75 Å². The summed E-state index contributed by atoms with van der Waals surface area (Å²) < 4.78 is 5.34. The van der Waals surface area contributed by atoms with Crippen LogP contribution >= 0.6 is 0 Å². The molecular formula is C15H25NO2. The van der Waals surface area contributed by atoms with E-state index < -0.39 is 6.10 Å². The van der Waals surface area contributed by atoms with Gasteiger partial charge >= 0.3 is 0 Å². The Bertz CT molecular complexity index is 352. The molecule has 3 nitrogen and oxygen atoms in total. The molecule has 0 aliphatic rings. The Kier molecular flexibility index (Phi) is 6.16. The summed E-state index contributed by atoms with van der Waals surface area (Å²) in [6.45, 7) is 4.75. The maximum Gasteiger partial charge on any atom is 0.122 e. The smallest absolute Gasteiger partial charge is 0.122 e. The molecule has 0 saturated carbocycles. The third-order valence-electron chi connectivity index (χ3n) is 3.30. The zero-order chi connectivity index (χ0) is 13.5. The first-order valence-corrected chi connectivity index (χ1v) is 6.61. The largest absolute Gasteiger partial charge is 0.496 e. The van der Waals surface area contributed by atoms with Crippen LogP contribution in [0.15, 0.2) is 24.3 Å². The monoisotopic (exact) mass is 251 g/mol. The molecule has 102 valence electrons. The molecule has 3 heteroatoms. The molecule has 2 unspecified atom stereocenters. The Hall–Kier alpha value is -1.06. The van der Waals surface area contributed by atoms with Crippen LogP contribution in [0.4, 0.5) is 0 Å². The van der Waals surface area contributed by atoms with Crippen molar-refractivity contribution in [3.8, 4) is 5.75 Å². The SMILES string of the molecule is COc1ccccc1C(CN)C(O)CCC(C)C. The minimum atomic E-state index is -0.409. The average molecular weight is 251 g/mol. The quantitative estimate of drug-likeness (QED) is 0.783. The van der Waals surface area contributed by atoms with E-state index >= 15 is 0 Å². The van der Waals surface area contributed by atoms with Gasteiger partial charge in [-0.15, -0.1) is 0 Å². The average Bonchev–Trinajstić information content (AvgIpc) is 2.37. The highest BCUT2D eigenvalue weighted by atomic mass is 16.5. The maximum atomic E-state index is 10.3. The molecule has 0 radical (unpaired) electrons. The highest BCUT2D eigenvalue weighted by Gasteiger charge is 2.22. The number of ether oxygens (including phenoxy) is 1. The number of aliphatic hydroxyl groups is 1. The van der Waals surface area contributed by atoms with E-state index in [1.165, 1.54) is 0 Å². The van der Waals surface area contributed by atoms with E-state index in [1.807, 2.05) is 24.3 Å². The fourth-order valence-corrected chi connectivity index (χ4v) is 2.17. The molecular weight excluding hydrogens is 226 g/mol. The molecule has 0 amide bonds. The predicted molar refractivity (Wildman–Crippen MR) is 74.9 cm³/mol. The molecule has 0 heterocycles. The number of rotatable bonds is 7. The molecule has 0 aliphatic carbocycles. The Morgan fingerprint density at radius 3 is 2.44 bits per heavy atom. The van der Waals surface area contributed by atoms with Crippen LogP contribution in [-0.2, 0) is 0 Å². The standard InChI is InChI=1S/C15H25NO2/c1-11(2)8-9-14(17)13(10-16)12-6-4-5-7-15(12)18-3/h4-7,11,13-14,17H,8-10,16H2,1-3H3. The van der Waals surface area contributed by atoms with Crippen molar-refractivity contribution in [3.05, 3.63) is 29.8 Å². The molecule has 0 saturated heterocycles. The number of methoxy groups -OCH3 is 1. The molecule has 0 fully saturated rings. The highest BCUT2D eigenvalue weighted by Crippen LogP contribution is 2.30.